The van der Waals surface area contributed by atoms with Crippen LogP contribution in [0.4, 0.5) is 0 Å². The quantitative estimate of drug-likeness (QED) is 0.769. The molecule has 116 valence electrons. The topological polar surface area (TPSA) is 63.5 Å². The fourth-order valence-electron chi connectivity index (χ4n) is 2.28. The monoisotopic (exact) mass is 371 g/mol. The van der Waals surface area contributed by atoms with E-state index in [0.29, 0.717) is 5.65 Å². The summed E-state index contributed by atoms with van der Waals surface area (Å²) in [5, 5.41) is 2.86. The van der Waals surface area contributed by atoms with Gasteiger partial charge < -0.3 is 5.32 Å². The average molecular weight is 372 g/mol. The molecule has 0 aliphatic heterocycles. The third-order valence-electron chi connectivity index (χ3n) is 3.52. The maximum absolute atomic E-state index is 12.4. The number of amides is 1. The zero-order valence-corrected chi connectivity index (χ0v) is 13.9. The fraction of sp³-hybridized carbons (Fsp3) is 0.118. The largest absolute Gasteiger partial charge is 0.344 e. The van der Waals surface area contributed by atoms with E-state index in [-0.39, 0.29) is 23.2 Å². The molecule has 6 heteroatoms. The number of fused-ring (bicyclic) bond motifs is 1. The molecule has 2 aromatic heterocycles. The van der Waals surface area contributed by atoms with Crippen molar-refractivity contribution in [2.24, 2.45) is 0 Å². The van der Waals surface area contributed by atoms with Gasteiger partial charge in [-0.3, -0.25) is 14.0 Å². The number of pyridine rings is 1. The average Bonchev–Trinajstić information content (AvgIpc) is 2.55. The van der Waals surface area contributed by atoms with E-state index in [1.165, 1.54) is 10.5 Å². The van der Waals surface area contributed by atoms with Gasteiger partial charge in [-0.15, -0.1) is 0 Å². The van der Waals surface area contributed by atoms with Crippen LogP contribution in [0, 0.1) is 0 Å². The summed E-state index contributed by atoms with van der Waals surface area (Å²) in [4.78, 5) is 28.6. The van der Waals surface area contributed by atoms with Gasteiger partial charge in [-0.2, -0.15) is 0 Å². The lowest BCUT2D eigenvalue weighted by Gasteiger charge is -2.14. The number of carbonyl (C=O) groups excluding carboxylic acids is 1. The normalized spacial score (nSPS) is 12.1. The Bertz CT molecular complexity index is 919. The van der Waals surface area contributed by atoms with E-state index in [4.69, 9.17) is 0 Å². The van der Waals surface area contributed by atoms with Crippen LogP contribution in [-0.4, -0.2) is 15.3 Å². The zero-order chi connectivity index (χ0) is 16.4. The first-order chi connectivity index (χ1) is 11.0. The molecule has 0 spiro atoms. The molecule has 0 saturated carbocycles. The van der Waals surface area contributed by atoms with Crippen molar-refractivity contribution in [1.29, 1.82) is 0 Å². The van der Waals surface area contributed by atoms with Crippen LogP contribution in [-0.2, 0) is 0 Å². The predicted octanol–water partition coefficient (Wildman–Crippen LogP) is 2.95. The van der Waals surface area contributed by atoms with Gasteiger partial charge >= 0.3 is 0 Å². The molecule has 0 radical (unpaired) electrons. The molecule has 3 rings (SSSR count). The second-order valence-electron chi connectivity index (χ2n) is 5.16. The predicted molar refractivity (Wildman–Crippen MR) is 91.5 cm³/mol. The van der Waals surface area contributed by atoms with E-state index in [1.807, 2.05) is 31.2 Å². The number of carbonyl (C=O) groups is 1. The number of nitrogens with one attached hydrogen (secondary N) is 1. The van der Waals surface area contributed by atoms with Gasteiger partial charge in [-0.05, 0) is 36.8 Å². The molecule has 1 amide bonds. The van der Waals surface area contributed by atoms with Crippen molar-refractivity contribution in [2.75, 3.05) is 0 Å². The van der Waals surface area contributed by atoms with Crippen molar-refractivity contribution in [2.45, 2.75) is 13.0 Å². The van der Waals surface area contributed by atoms with E-state index in [1.54, 1.807) is 24.4 Å². The minimum atomic E-state index is -0.371. The summed E-state index contributed by atoms with van der Waals surface area (Å²) in [6, 6.07) is 13.9. The molecule has 3 aromatic rings. The first kappa shape index (κ1) is 15.4. The number of nitrogens with zero attached hydrogens (tertiary/aromatic N) is 2. The molecule has 0 aliphatic rings. The van der Waals surface area contributed by atoms with Gasteiger partial charge in [0.25, 0.3) is 11.5 Å². The number of halogens is 1. The third-order valence-corrected chi connectivity index (χ3v) is 4.05. The van der Waals surface area contributed by atoms with Gasteiger partial charge in [-0.25, -0.2) is 4.98 Å². The van der Waals surface area contributed by atoms with Gasteiger partial charge in [0.1, 0.15) is 11.3 Å². The number of hydrogen-bond donors (Lipinski definition) is 1. The summed E-state index contributed by atoms with van der Waals surface area (Å²) in [5.74, 6) is -0.371. The van der Waals surface area contributed by atoms with E-state index in [0.717, 1.165) is 10.0 Å². The van der Waals surface area contributed by atoms with Gasteiger partial charge in [0, 0.05) is 16.7 Å². The lowest BCUT2D eigenvalue weighted by Crippen LogP contribution is -2.29. The Hall–Kier alpha value is -2.47. The molecule has 0 bridgehead atoms. The van der Waals surface area contributed by atoms with Crippen molar-refractivity contribution in [3.63, 3.8) is 0 Å². The van der Waals surface area contributed by atoms with Crippen LogP contribution in [0.2, 0.25) is 0 Å². The second kappa shape index (κ2) is 6.34. The van der Waals surface area contributed by atoms with E-state index < -0.39 is 0 Å². The van der Waals surface area contributed by atoms with Crippen molar-refractivity contribution >= 4 is 27.5 Å². The molecule has 23 heavy (non-hydrogen) atoms. The molecular weight excluding hydrogens is 358 g/mol. The smallest absolute Gasteiger partial charge is 0.270 e. The Balaban J connectivity index is 1.85. The van der Waals surface area contributed by atoms with E-state index >= 15 is 0 Å². The van der Waals surface area contributed by atoms with Crippen molar-refractivity contribution < 1.29 is 4.79 Å². The third kappa shape index (κ3) is 3.32. The zero-order valence-electron chi connectivity index (χ0n) is 12.4. The summed E-state index contributed by atoms with van der Waals surface area (Å²) < 4.78 is 2.37. The molecule has 0 unspecified atom stereocenters. The number of rotatable bonds is 3. The summed E-state index contributed by atoms with van der Waals surface area (Å²) in [7, 11) is 0. The minimum Gasteiger partial charge on any atom is -0.344 e. The van der Waals surface area contributed by atoms with Crippen molar-refractivity contribution in [1.82, 2.24) is 14.7 Å². The maximum Gasteiger partial charge on any atom is 0.270 e. The van der Waals surface area contributed by atoms with Crippen LogP contribution >= 0.6 is 15.9 Å². The summed E-state index contributed by atoms with van der Waals surface area (Å²) in [6.45, 7) is 1.88. The SMILES string of the molecule is C[C@H](NC(=O)c1cc(=O)n2ccccc2n1)c1ccc(Br)cc1. The fourth-order valence-corrected chi connectivity index (χ4v) is 2.54. The van der Waals surface area contributed by atoms with Crippen LogP contribution in [0.3, 0.4) is 0 Å². The van der Waals surface area contributed by atoms with Crippen molar-refractivity contribution in [3.8, 4) is 0 Å². The summed E-state index contributed by atoms with van der Waals surface area (Å²) in [6.07, 6.45) is 1.62. The van der Waals surface area contributed by atoms with Crippen LogP contribution < -0.4 is 10.9 Å². The van der Waals surface area contributed by atoms with Crippen LogP contribution in [0.15, 0.2) is 64.0 Å². The standard InChI is InChI=1S/C17H14BrN3O2/c1-11(12-5-7-13(18)8-6-12)19-17(23)14-10-16(22)21-9-3-2-4-15(21)20-14/h2-11H,1H3,(H,19,23)/t11-/m0/s1. The molecule has 1 atom stereocenters. The number of benzene rings is 1. The first-order valence-electron chi connectivity index (χ1n) is 7.09. The summed E-state index contributed by atoms with van der Waals surface area (Å²) >= 11 is 3.38. The Morgan fingerprint density at radius 1 is 1.22 bits per heavy atom. The number of aromatic nitrogens is 2. The van der Waals surface area contributed by atoms with Crippen LogP contribution in [0.1, 0.15) is 29.0 Å². The maximum atomic E-state index is 12.4. The van der Waals surface area contributed by atoms with Gasteiger partial charge in [0.2, 0.25) is 0 Å². The minimum absolute atomic E-state index is 0.116. The molecule has 0 fully saturated rings. The first-order valence-corrected chi connectivity index (χ1v) is 7.88. The molecule has 2 heterocycles. The van der Waals surface area contributed by atoms with Crippen LogP contribution in [0.25, 0.3) is 5.65 Å². The van der Waals surface area contributed by atoms with Crippen molar-refractivity contribution in [3.05, 3.63) is 80.8 Å². The Morgan fingerprint density at radius 2 is 1.96 bits per heavy atom. The highest BCUT2D eigenvalue weighted by molar-refractivity contribution is 9.10. The lowest BCUT2D eigenvalue weighted by molar-refractivity contribution is 0.0935. The Labute approximate surface area is 141 Å². The highest BCUT2D eigenvalue weighted by atomic mass is 79.9. The van der Waals surface area contributed by atoms with Crippen LogP contribution in [0.5, 0.6) is 0 Å². The van der Waals surface area contributed by atoms with Gasteiger partial charge in [0.05, 0.1) is 6.04 Å². The highest BCUT2D eigenvalue weighted by Crippen LogP contribution is 2.16. The van der Waals surface area contributed by atoms with Gasteiger partial charge in [-0.1, -0.05) is 34.1 Å². The molecule has 0 aliphatic carbocycles. The molecule has 1 N–H and O–H groups in total. The molecule has 0 saturated heterocycles. The summed E-state index contributed by atoms with van der Waals surface area (Å²) in [5.41, 5.74) is 1.25. The molecule has 1 aromatic carbocycles. The van der Waals surface area contributed by atoms with Gasteiger partial charge in [0.15, 0.2) is 0 Å². The second-order valence-corrected chi connectivity index (χ2v) is 6.07. The van der Waals surface area contributed by atoms with E-state index in [9.17, 15) is 9.59 Å². The Kier molecular flexibility index (Phi) is 4.25. The molecule has 5 nitrogen and oxygen atoms in total. The lowest BCUT2D eigenvalue weighted by atomic mass is 10.1. The van der Waals surface area contributed by atoms with E-state index in [2.05, 4.69) is 26.2 Å². The Morgan fingerprint density at radius 3 is 2.70 bits per heavy atom. The highest BCUT2D eigenvalue weighted by Gasteiger charge is 2.14. The number of hydrogen-bond acceptors (Lipinski definition) is 3. The molecular formula is C17H14BrN3O2.